The Labute approximate surface area is 133 Å². The van der Waals surface area contributed by atoms with E-state index in [0.29, 0.717) is 12.2 Å². The fraction of sp³-hybridized carbons (Fsp3) is 0.125. The first-order valence-corrected chi connectivity index (χ1v) is 7.86. The molecule has 2 aromatic rings. The van der Waals surface area contributed by atoms with Crippen LogP contribution in [0.5, 0.6) is 0 Å². The topological polar surface area (TPSA) is 66.0 Å². The number of nitrogens with zero attached hydrogens (tertiary/aromatic N) is 1. The van der Waals surface area contributed by atoms with E-state index in [4.69, 9.17) is 0 Å². The van der Waals surface area contributed by atoms with E-state index in [-0.39, 0.29) is 11.4 Å². The van der Waals surface area contributed by atoms with Crippen LogP contribution in [0.4, 0.5) is 5.69 Å². The molecule has 0 saturated heterocycles. The van der Waals surface area contributed by atoms with Crippen LogP contribution < -0.4 is 16.0 Å². The van der Waals surface area contributed by atoms with Crippen LogP contribution in [0.3, 0.4) is 0 Å². The first kappa shape index (κ1) is 14.5. The molecule has 22 heavy (non-hydrogen) atoms. The van der Waals surface area contributed by atoms with Crippen LogP contribution in [-0.2, 0) is 11.3 Å². The number of anilines is 1. The van der Waals surface area contributed by atoms with Gasteiger partial charge in [0.25, 0.3) is 5.91 Å². The van der Waals surface area contributed by atoms with Gasteiger partial charge in [-0.25, -0.2) is 0 Å². The van der Waals surface area contributed by atoms with Gasteiger partial charge in [0.05, 0.1) is 0 Å². The van der Waals surface area contributed by atoms with E-state index in [2.05, 4.69) is 20.9 Å². The number of hydrogen-bond donors (Lipinski definition) is 3. The predicted octanol–water partition coefficient (Wildman–Crippen LogP) is 2.27. The van der Waals surface area contributed by atoms with Gasteiger partial charge in [-0.3, -0.25) is 9.78 Å². The van der Waals surface area contributed by atoms with Crippen molar-refractivity contribution in [3.63, 3.8) is 0 Å². The van der Waals surface area contributed by atoms with E-state index in [1.807, 2.05) is 47.9 Å². The summed E-state index contributed by atoms with van der Waals surface area (Å²) >= 11 is 1.53. The minimum atomic E-state index is -0.101. The molecule has 112 valence electrons. The largest absolute Gasteiger partial charge is 0.357 e. The van der Waals surface area contributed by atoms with Crippen molar-refractivity contribution in [2.75, 3.05) is 5.32 Å². The number of nitrogens with one attached hydrogen (secondary N) is 3. The molecule has 1 aromatic carbocycles. The molecule has 1 aliphatic rings. The van der Waals surface area contributed by atoms with Gasteiger partial charge in [-0.15, -0.1) is 0 Å². The highest BCUT2D eigenvalue weighted by atomic mass is 32.2. The molecular formula is C16H16N4OS. The van der Waals surface area contributed by atoms with Crippen molar-refractivity contribution >= 4 is 23.4 Å². The Balaban J connectivity index is 1.48. The van der Waals surface area contributed by atoms with Crippen molar-refractivity contribution < 1.29 is 4.79 Å². The lowest BCUT2D eigenvalue weighted by Crippen LogP contribution is -2.35. The van der Waals surface area contributed by atoms with Crippen molar-refractivity contribution in [2.45, 2.75) is 12.0 Å². The van der Waals surface area contributed by atoms with Crippen molar-refractivity contribution in [3.05, 3.63) is 71.5 Å². The molecule has 1 amide bonds. The number of pyridine rings is 1. The Morgan fingerprint density at radius 1 is 1.18 bits per heavy atom. The van der Waals surface area contributed by atoms with Gasteiger partial charge >= 0.3 is 0 Å². The summed E-state index contributed by atoms with van der Waals surface area (Å²) in [5.41, 5.74) is 2.56. The average molecular weight is 312 g/mol. The first-order valence-electron chi connectivity index (χ1n) is 6.92. The molecule has 6 heteroatoms. The predicted molar refractivity (Wildman–Crippen MR) is 88.7 cm³/mol. The Bertz CT molecular complexity index is 660. The van der Waals surface area contributed by atoms with Gasteiger partial charge in [0, 0.05) is 30.0 Å². The summed E-state index contributed by atoms with van der Waals surface area (Å²) in [6, 6.07) is 13.6. The van der Waals surface area contributed by atoms with Crippen LogP contribution in [0.1, 0.15) is 5.56 Å². The van der Waals surface area contributed by atoms with Crippen molar-refractivity contribution in [3.8, 4) is 0 Å². The van der Waals surface area contributed by atoms with E-state index < -0.39 is 0 Å². The summed E-state index contributed by atoms with van der Waals surface area (Å²) in [5.74, 6) is -0.101. The molecule has 1 aliphatic heterocycles. The van der Waals surface area contributed by atoms with Gasteiger partial charge in [-0.1, -0.05) is 42.1 Å². The first-order chi connectivity index (χ1) is 10.8. The lowest BCUT2D eigenvalue weighted by Gasteiger charge is -2.15. The molecule has 0 saturated carbocycles. The SMILES string of the molecule is O=C(NCc1ccccc1)C1=CSC(Nc2ccncc2)N1. The normalized spacial score (nSPS) is 16.5. The quantitative estimate of drug-likeness (QED) is 0.790. The second-order valence-corrected chi connectivity index (χ2v) is 5.72. The summed E-state index contributed by atoms with van der Waals surface area (Å²) in [6.07, 6.45) is 3.45. The summed E-state index contributed by atoms with van der Waals surface area (Å²) in [4.78, 5) is 16.1. The number of benzene rings is 1. The molecule has 0 aliphatic carbocycles. The second kappa shape index (κ2) is 7.00. The van der Waals surface area contributed by atoms with E-state index in [1.54, 1.807) is 12.4 Å². The van der Waals surface area contributed by atoms with Crippen molar-refractivity contribution in [1.82, 2.24) is 15.6 Å². The van der Waals surface area contributed by atoms with Gasteiger partial charge in [0.1, 0.15) is 11.2 Å². The lowest BCUT2D eigenvalue weighted by molar-refractivity contribution is -0.118. The van der Waals surface area contributed by atoms with Crippen LogP contribution >= 0.6 is 11.8 Å². The molecule has 5 nitrogen and oxygen atoms in total. The van der Waals surface area contributed by atoms with Crippen LogP contribution in [-0.4, -0.2) is 16.4 Å². The molecule has 1 atom stereocenters. The van der Waals surface area contributed by atoms with Crippen molar-refractivity contribution in [1.29, 1.82) is 0 Å². The lowest BCUT2D eigenvalue weighted by atomic mass is 10.2. The third kappa shape index (κ3) is 3.79. The second-order valence-electron chi connectivity index (χ2n) is 4.74. The fourth-order valence-electron chi connectivity index (χ4n) is 2.01. The van der Waals surface area contributed by atoms with Gasteiger partial charge in [-0.2, -0.15) is 0 Å². The molecule has 0 bridgehead atoms. The molecule has 3 rings (SSSR count). The minimum Gasteiger partial charge on any atom is -0.357 e. The molecule has 1 aromatic heterocycles. The van der Waals surface area contributed by atoms with Gasteiger partial charge in [0.2, 0.25) is 0 Å². The monoisotopic (exact) mass is 312 g/mol. The number of thioether (sulfide) groups is 1. The average Bonchev–Trinajstić information content (AvgIpc) is 3.03. The number of hydrogen-bond acceptors (Lipinski definition) is 5. The maximum Gasteiger partial charge on any atom is 0.268 e. The highest BCUT2D eigenvalue weighted by molar-refractivity contribution is 8.03. The highest BCUT2D eigenvalue weighted by Gasteiger charge is 2.21. The third-order valence-corrected chi connectivity index (χ3v) is 4.01. The zero-order valence-corrected chi connectivity index (χ0v) is 12.6. The Kier molecular flexibility index (Phi) is 4.60. The van der Waals surface area contributed by atoms with E-state index in [1.165, 1.54) is 11.8 Å². The van der Waals surface area contributed by atoms with Crippen LogP contribution in [0, 0.1) is 0 Å². The van der Waals surface area contributed by atoms with Gasteiger partial charge in [0.15, 0.2) is 0 Å². The maximum absolute atomic E-state index is 12.1. The number of rotatable bonds is 5. The smallest absolute Gasteiger partial charge is 0.268 e. The molecule has 0 radical (unpaired) electrons. The maximum atomic E-state index is 12.1. The summed E-state index contributed by atoms with van der Waals surface area (Å²) in [5, 5.41) is 11.2. The number of aromatic nitrogens is 1. The number of carbonyl (C=O) groups excluding carboxylic acids is 1. The zero-order valence-electron chi connectivity index (χ0n) is 11.8. The Morgan fingerprint density at radius 2 is 1.95 bits per heavy atom. The summed E-state index contributed by atoms with van der Waals surface area (Å²) < 4.78 is 0. The Morgan fingerprint density at radius 3 is 2.73 bits per heavy atom. The van der Waals surface area contributed by atoms with Gasteiger partial charge < -0.3 is 16.0 Å². The van der Waals surface area contributed by atoms with E-state index in [9.17, 15) is 4.79 Å². The molecule has 0 spiro atoms. The Hall–Kier alpha value is -2.47. The third-order valence-electron chi connectivity index (χ3n) is 3.13. The van der Waals surface area contributed by atoms with Gasteiger partial charge in [-0.05, 0) is 17.7 Å². The van der Waals surface area contributed by atoms with Crippen LogP contribution in [0.2, 0.25) is 0 Å². The molecule has 0 fully saturated rings. The fourth-order valence-corrected chi connectivity index (χ4v) is 2.85. The van der Waals surface area contributed by atoms with Crippen LogP contribution in [0.25, 0.3) is 0 Å². The zero-order chi connectivity index (χ0) is 15.2. The summed E-state index contributed by atoms with van der Waals surface area (Å²) in [7, 11) is 0. The molecular weight excluding hydrogens is 296 g/mol. The molecule has 1 unspecified atom stereocenters. The molecule has 3 N–H and O–H groups in total. The van der Waals surface area contributed by atoms with E-state index >= 15 is 0 Å². The highest BCUT2D eigenvalue weighted by Crippen LogP contribution is 2.22. The van der Waals surface area contributed by atoms with E-state index in [0.717, 1.165) is 11.3 Å². The van der Waals surface area contributed by atoms with Crippen molar-refractivity contribution in [2.24, 2.45) is 0 Å². The number of amides is 1. The minimum absolute atomic E-state index is 0.0557. The standard InChI is InChI=1S/C16H16N4OS/c21-15(18-10-12-4-2-1-3-5-12)14-11-22-16(20-14)19-13-6-8-17-9-7-13/h1-9,11,16,20H,10H2,(H,17,19)(H,18,21). The molecule has 2 heterocycles. The van der Waals surface area contributed by atoms with Crippen LogP contribution in [0.15, 0.2) is 66.0 Å². The summed E-state index contributed by atoms with van der Waals surface area (Å²) in [6.45, 7) is 0.520. The number of carbonyl (C=O) groups is 1.